The highest BCUT2D eigenvalue weighted by Crippen LogP contribution is 2.37. The first-order valence-electron chi connectivity index (χ1n) is 12.6. The molecular weight excluding hydrogens is 487 g/mol. The molecule has 0 fully saturated rings. The van der Waals surface area contributed by atoms with Crippen molar-refractivity contribution in [2.24, 2.45) is 5.92 Å². The minimum atomic E-state index is -2.17. The molecule has 3 atom stereocenters. The van der Waals surface area contributed by atoms with Crippen LogP contribution in [0.1, 0.15) is 55.4 Å². The van der Waals surface area contributed by atoms with E-state index in [1.54, 1.807) is 0 Å². The third-order valence-corrected chi connectivity index (χ3v) is 7.06. The second-order valence-corrected chi connectivity index (χ2v) is 10.0. The van der Waals surface area contributed by atoms with Gasteiger partial charge in [0, 0.05) is 6.42 Å². The smallest absolute Gasteiger partial charge is 0.461 e. The molecule has 3 aromatic rings. The van der Waals surface area contributed by atoms with E-state index in [0.717, 1.165) is 23.1 Å². The molecule has 0 aliphatic rings. The summed E-state index contributed by atoms with van der Waals surface area (Å²) in [5, 5.41) is 0. The van der Waals surface area contributed by atoms with E-state index < -0.39 is 25.9 Å². The van der Waals surface area contributed by atoms with Crippen molar-refractivity contribution >= 4 is 20.0 Å². The van der Waals surface area contributed by atoms with Crippen LogP contribution >= 0.6 is 8.03 Å². The van der Waals surface area contributed by atoms with Crippen LogP contribution in [0.4, 0.5) is 0 Å². The van der Waals surface area contributed by atoms with E-state index in [9.17, 15) is 14.2 Å². The Balaban J connectivity index is 1.60. The van der Waals surface area contributed by atoms with Crippen molar-refractivity contribution in [3.05, 3.63) is 108 Å². The van der Waals surface area contributed by atoms with Gasteiger partial charge in [0.25, 0.3) is 0 Å². The number of hydrogen-bond donors (Lipinski definition) is 0. The van der Waals surface area contributed by atoms with Gasteiger partial charge in [0.1, 0.15) is 25.2 Å². The number of esters is 2. The van der Waals surface area contributed by atoms with Crippen molar-refractivity contribution in [3.63, 3.8) is 0 Å². The minimum absolute atomic E-state index is 0.0121. The SMILES string of the molecule is CCCC(O[P+](=O)CC(CCC(=O)OCc1ccccc1)C(=O)OCc1ccccc1)c1ccccc1. The van der Waals surface area contributed by atoms with Crippen LogP contribution in [0.15, 0.2) is 91.0 Å². The molecule has 3 aromatic carbocycles. The Morgan fingerprint density at radius 1 is 0.757 bits per heavy atom. The van der Waals surface area contributed by atoms with E-state index in [0.29, 0.717) is 6.42 Å². The van der Waals surface area contributed by atoms with Gasteiger partial charge in [-0.25, -0.2) is 0 Å². The van der Waals surface area contributed by atoms with Crippen molar-refractivity contribution in [2.75, 3.05) is 6.16 Å². The Labute approximate surface area is 219 Å². The molecular formula is C30H34O6P+. The Morgan fingerprint density at radius 3 is 1.86 bits per heavy atom. The van der Waals surface area contributed by atoms with E-state index in [1.807, 2.05) is 97.9 Å². The largest absolute Gasteiger partial charge is 0.509 e. The van der Waals surface area contributed by atoms with Crippen LogP contribution in [0.2, 0.25) is 0 Å². The second kappa shape index (κ2) is 15.7. The van der Waals surface area contributed by atoms with Crippen molar-refractivity contribution in [1.82, 2.24) is 0 Å². The fraction of sp³-hybridized carbons (Fsp3) is 0.333. The molecule has 6 nitrogen and oxygen atoms in total. The summed E-state index contributed by atoms with van der Waals surface area (Å²) in [6.07, 6.45) is 1.39. The zero-order chi connectivity index (χ0) is 26.3. The van der Waals surface area contributed by atoms with Gasteiger partial charge < -0.3 is 9.47 Å². The highest BCUT2D eigenvalue weighted by atomic mass is 31.1. The van der Waals surface area contributed by atoms with Crippen LogP contribution in [0.25, 0.3) is 0 Å². The van der Waals surface area contributed by atoms with Crippen molar-refractivity contribution < 1.29 is 28.2 Å². The van der Waals surface area contributed by atoms with E-state index in [4.69, 9.17) is 14.0 Å². The fourth-order valence-electron chi connectivity index (χ4n) is 3.81. The molecule has 194 valence electrons. The molecule has 0 aromatic heterocycles. The number of carbonyl (C=O) groups is 2. The molecule has 3 rings (SSSR count). The zero-order valence-corrected chi connectivity index (χ0v) is 22.1. The number of benzene rings is 3. The molecule has 0 aliphatic heterocycles. The molecule has 0 radical (unpaired) electrons. The van der Waals surface area contributed by atoms with Gasteiger partial charge in [0.15, 0.2) is 6.16 Å². The van der Waals surface area contributed by atoms with Crippen LogP contribution in [-0.4, -0.2) is 18.1 Å². The number of carbonyl (C=O) groups excluding carboxylic acids is 2. The summed E-state index contributed by atoms with van der Waals surface area (Å²) < 4.78 is 29.8. The maximum Gasteiger partial charge on any atom is 0.509 e. The number of rotatable bonds is 15. The molecule has 0 bridgehead atoms. The van der Waals surface area contributed by atoms with Crippen LogP contribution < -0.4 is 0 Å². The molecule has 0 aliphatic carbocycles. The van der Waals surface area contributed by atoms with Gasteiger partial charge in [-0.15, -0.1) is 4.52 Å². The third kappa shape index (κ3) is 10.3. The molecule has 37 heavy (non-hydrogen) atoms. The summed E-state index contributed by atoms with van der Waals surface area (Å²) in [6, 6.07) is 28.4. The molecule has 7 heteroatoms. The van der Waals surface area contributed by atoms with Crippen molar-refractivity contribution in [2.45, 2.75) is 51.9 Å². The average molecular weight is 522 g/mol. The van der Waals surface area contributed by atoms with Gasteiger partial charge in [-0.05, 0) is 34.1 Å². The molecule has 0 amide bonds. The third-order valence-electron chi connectivity index (χ3n) is 5.83. The zero-order valence-electron chi connectivity index (χ0n) is 21.2. The van der Waals surface area contributed by atoms with Crippen LogP contribution in [-0.2, 0) is 41.4 Å². The van der Waals surface area contributed by atoms with Gasteiger partial charge in [-0.1, -0.05) is 104 Å². The highest BCUT2D eigenvalue weighted by molar-refractivity contribution is 7.39. The normalized spacial score (nSPS) is 12.8. The Morgan fingerprint density at radius 2 is 1.30 bits per heavy atom. The maximum atomic E-state index is 13.0. The lowest BCUT2D eigenvalue weighted by atomic mass is 10.1. The summed E-state index contributed by atoms with van der Waals surface area (Å²) in [5.74, 6) is -1.68. The first-order chi connectivity index (χ1) is 18.0. The minimum Gasteiger partial charge on any atom is -0.461 e. The Bertz CT molecular complexity index is 1100. The fourth-order valence-corrected chi connectivity index (χ4v) is 5.10. The van der Waals surface area contributed by atoms with E-state index >= 15 is 0 Å². The topological polar surface area (TPSA) is 78.9 Å². The maximum absolute atomic E-state index is 13.0. The molecule has 0 saturated carbocycles. The lowest BCUT2D eigenvalue weighted by Crippen LogP contribution is -2.22. The highest BCUT2D eigenvalue weighted by Gasteiger charge is 2.35. The quantitative estimate of drug-likeness (QED) is 0.156. The van der Waals surface area contributed by atoms with E-state index in [-0.39, 0.29) is 38.3 Å². The first-order valence-corrected chi connectivity index (χ1v) is 14.0. The summed E-state index contributed by atoms with van der Waals surface area (Å²) in [7, 11) is -2.17. The van der Waals surface area contributed by atoms with Crippen molar-refractivity contribution in [1.29, 1.82) is 0 Å². The lowest BCUT2D eigenvalue weighted by molar-refractivity contribution is -0.150. The molecule has 0 spiro atoms. The average Bonchev–Trinajstić information content (AvgIpc) is 2.94. The van der Waals surface area contributed by atoms with Gasteiger partial charge in [-0.3, -0.25) is 9.59 Å². The van der Waals surface area contributed by atoms with Gasteiger partial charge in [0.05, 0.1) is 0 Å². The van der Waals surface area contributed by atoms with Crippen LogP contribution in [0.3, 0.4) is 0 Å². The summed E-state index contributed by atoms with van der Waals surface area (Å²) in [4.78, 5) is 25.3. The van der Waals surface area contributed by atoms with Crippen LogP contribution in [0.5, 0.6) is 0 Å². The number of hydrogen-bond acceptors (Lipinski definition) is 6. The Kier molecular flexibility index (Phi) is 12.0. The second-order valence-electron chi connectivity index (χ2n) is 8.78. The van der Waals surface area contributed by atoms with Gasteiger partial charge in [-0.2, -0.15) is 0 Å². The van der Waals surface area contributed by atoms with Gasteiger partial charge in [0.2, 0.25) is 0 Å². The van der Waals surface area contributed by atoms with Crippen molar-refractivity contribution in [3.8, 4) is 0 Å². The van der Waals surface area contributed by atoms with E-state index in [2.05, 4.69) is 0 Å². The summed E-state index contributed by atoms with van der Waals surface area (Å²) in [5.41, 5.74) is 2.68. The van der Waals surface area contributed by atoms with Gasteiger partial charge >= 0.3 is 20.0 Å². The number of ether oxygens (including phenoxy) is 2. The predicted octanol–water partition coefficient (Wildman–Crippen LogP) is 7.17. The summed E-state index contributed by atoms with van der Waals surface area (Å²) >= 11 is 0. The lowest BCUT2D eigenvalue weighted by Gasteiger charge is -2.14. The monoisotopic (exact) mass is 521 g/mol. The van der Waals surface area contributed by atoms with Crippen LogP contribution in [0, 0.1) is 5.92 Å². The predicted molar refractivity (Wildman–Crippen MR) is 143 cm³/mol. The molecule has 0 N–H and O–H groups in total. The molecule has 0 heterocycles. The van der Waals surface area contributed by atoms with E-state index in [1.165, 1.54) is 0 Å². The molecule has 3 unspecified atom stereocenters. The first kappa shape index (κ1) is 28.2. The molecule has 0 saturated heterocycles. The Hall–Kier alpha value is -3.34. The summed E-state index contributed by atoms with van der Waals surface area (Å²) in [6.45, 7) is 2.31. The standard InChI is InChI=1S/C30H34O6P/c1-2-12-28(26-17-10-5-11-18-26)36-37(33)23-27(30(32)35-22-25-15-8-4-9-16-25)19-20-29(31)34-21-24-13-6-3-7-14-24/h3-11,13-18,27-28H,2,12,19-23H2,1H3/q+1.